The Morgan fingerprint density at radius 2 is 2.00 bits per heavy atom. The van der Waals surface area contributed by atoms with E-state index >= 15 is 0 Å². The Hall–Kier alpha value is -0.800. The zero-order chi connectivity index (χ0) is 9.68. The summed E-state index contributed by atoms with van der Waals surface area (Å²) in [7, 11) is 0. The molecule has 1 aromatic rings. The minimum Gasteiger partial charge on any atom is -0.507 e. The van der Waals surface area contributed by atoms with Gasteiger partial charge < -0.3 is 5.11 Å². The lowest BCUT2D eigenvalue weighted by molar-refractivity contribution is 0.512. The van der Waals surface area contributed by atoms with E-state index in [1.807, 2.05) is 36.6 Å². The van der Waals surface area contributed by atoms with Crippen LogP contribution in [0, 0.1) is 0 Å². The zero-order valence-electron chi connectivity index (χ0n) is 7.23. The van der Waals surface area contributed by atoms with Gasteiger partial charge in [0.25, 0.3) is 0 Å². The highest BCUT2D eigenvalue weighted by atomic mass is 32.2. The normalized spacial score (nSPS) is 11.3. The molecule has 1 aromatic carbocycles. The van der Waals surface area contributed by atoms with Gasteiger partial charge in [-0.3, -0.25) is 0 Å². The molecule has 1 rings (SSSR count). The van der Waals surface area contributed by atoms with Crippen molar-refractivity contribution >= 4 is 33.9 Å². The van der Waals surface area contributed by atoms with Crippen LogP contribution in [0.1, 0.15) is 5.56 Å². The van der Waals surface area contributed by atoms with E-state index in [0.717, 1.165) is 5.56 Å². The van der Waals surface area contributed by atoms with E-state index in [2.05, 4.69) is 0 Å². The summed E-state index contributed by atoms with van der Waals surface area (Å²) in [5.74, 6) is 0.222. The second-order valence-corrected chi connectivity index (χ2v) is 3.97. The van der Waals surface area contributed by atoms with Crippen molar-refractivity contribution in [2.24, 2.45) is 0 Å². The summed E-state index contributed by atoms with van der Waals surface area (Å²) in [5.41, 5.74) is 0.791. The third-order valence-electron chi connectivity index (χ3n) is 1.53. The number of aliphatic hydroxyl groups is 1. The molecule has 0 heterocycles. The number of aliphatic hydroxyl groups excluding tert-OH is 1. The van der Waals surface area contributed by atoms with E-state index in [1.54, 1.807) is 6.08 Å². The topological polar surface area (TPSA) is 20.2 Å². The molecule has 0 aliphatic rings. The van der Waals surface area contributed by atoms with Crippen molar-refractivity contribution in [2.45, 2.75) is 0 Å². The maximum Gasteiger partial charge on any atom is 0.124 e. The smallest absolute Gasteiger partial charge is 0.124 e. The molecule has 0 aliphatic heterocycles. The van der Waals surface area contributed by atoms with Crippen molar-refractivity contribution in [2.75, 3.05) is 6.26 Å². The molecule has 0 saturated carbocycles. The number of hydrogen-bond donors (Lipinski definition) is 1. The lowest BCUT2D eigenvalue weighted by atomic mass is 10.2. The Balaban J connectivity index is 2.85. The summed E-state index contributed by atoms with van der Waals surface area (Å²) >= 11 is 6.40. The summed E-state index contributed by atoms with van der Waals surface area (Å²) in [4.78, 5) is 0. The second-order valence-electron chi connectivity index (χ2n) is 2.42. The third kappa shape index (κ3) is 3.20. The molecule has 13 heavy (non-hydrogen) atoms. The summed E-state index contributed by atoms with van der Waals surface area (Å²) in [6.07, 6.45) is 3.48. The minimum absolute atomic E-state index is 0.222. The van der Waals surface area contributed by atoms with E-state index in [4.69, 9.17) is 12.2 Å². The van der Waals surface area contributed by atoms with E-state index in [0.29, 0.717) is 4.20 Å². The van der Waals surface area contributed by atoms with Crippen molar-refractivity contribution in [3.05, 3.63) is 42.0 Å². The summed E-state index contributed by atoms with van der Waals surface area (Å²) < 4.78 is 0.682. The molecule has 0 amide bonds. The van der Waals surface area contributed by atoms with Gasteiger partial charge in [0.15, 0.2) is 0 Å². The second kappa shape index (κ2) is 5.04. The lowest BCUT2D eigenvalue weighted by Gasteiger charge is -1.98. The Morgan fingerprint density at radius 3 is 2.54 bits per heavy atom. The maximum absolute atomic E-state index is 9.58. The fourth-order valence-electron chi connectivity index (χ4n) is 0.863. The SMILES string of the molecule is CSC(=S)/C=C(\O)c1ccccc1. The van der Waals surface area contributed by atoms with Crippen molar-refractivity contribution in [3.63, 3.8) is 0 Å². The van der Waals surface area contributed by atoms with Gasteiger partial charge in [0.05, 0.1) is 4.20 Å². The highest BCUT2D eigenvalue weighted by Gasteiger charge is 1.97. The molecule has 0 spiro atoms. The molecule has 1 N–H and O–H groups in total. The van der Waals surface area contributed by atoms with Gasteiger partial charge in [0.1, 0.15) is 5.76 Å². The van der Waals surface area contributed by atoms with Gasteiger partial charge in [-0.2, -0.15) is 0 Å². The number of thiocarbonyl (C=S) groups is 1. The van der Waals surface area contributed by atoms with Crippen LogP contribution in [-0.4, -0.2) is 15.6 Å². The van der Waals surface area contributed by atoms with Crippen LogP contribution in [0.2, 0.25) is 0 Å². The van der Waals surface area contributed by atoms with Crippen LogP contribution in [-0.2, 0) is 0 Å². The molecule has 1 nitrogen and oxygen atoms in total. The van der Waals surface area contributed by atoms with Crippen LogP contribution in [0.3, 0.4) is 0 Å². The molecule has 0 fully saturated rings. The molecule has 0 radical (unpaired) electrons. The average Bonchev–Trinajstić information content (AvgIpc) is 2.19. The number of thioether (sulfide) groups is 1. The molecule has 0 unspecified atom stereocenters. The van der Waals surface area contributed by atoms with Gasteiger partial charge in [-0.1, -0.05) is 42.5 Å². The molecule has 3 heteroatoms. The summed E-state index contributed by atoms with van der Waals surface area (Å²) in [6.45, 7) is 0. The first-order chi connectivity index (χ1) is 6.24. The molecule has 0 bridgehead atoms. The van der Waals surface area contributed by atoms with Crippen molar-refractivity contribution < 1.29 is 5.11 Å². The van der Waals surface area contributed by atoms with Crippen LogP contribution in [0.15, 0.2) is 36.4 Å². The largest absolute Gasteiger partial charge is 0.507 e. The monoisotopic (exact) mass is 210 g/mol. The van der Waals surface area contributed by atoms with Gasteiger partial charge in [-0.05, 0) is 6.26 Å². The van der Waals surface area contributed by atoms with Gasteiger partial charge in [-0.25, -0.2) is 0 Å². The van der Waals surface area contributed by atoms with Gasteiger partial charge in [-0.15, -0.1) is 11.8 Å². The Bertz CT molecular complexity index is 317. The average molecular weight is 210 g/mol. The number of rotatable bonds is 2. The van der Waals surface area contributed by atoms with E-state index in [9.17, 15) is 5.11 Å². The van der Waals surface area contributed by atoms with Crippen molar-refractivity contribution in [1.82, 2.24) is 0 Å². The summed E-state index contributed by atoms with van der Waals surface area (Å²) in [5, 5.41) is 9.58. The highest BCUT2D eigenvalue weighted by molar-refractivity contribution is 8.23. The summed E-state index contributed by atoms with van der Waals surface area (Å²) in [6, 6.07) is 9.34. The highest BCUT2D eigenvalue weighted by Crippen LogP contribution is 2.12. The first kappa shape index (κ1) is 10.3. The molecule has 0 aliphatic carbocycles. The number of hydrogen-bond acceptors (Lipinski definition) is 3. The van der Waals surface area contributed by atoms with Crippen LogP contribution in [0.25, 0.3) is 5.76 Å². The minimum atomic E-state index is 0.222. The standard InChI is InChI=1S/C10H10OS2/c1-13-10(12)7-9(11)8-5-3-2-4-6-8/h2-7,11H,1H3/b9-7-. The maximum atomic E-state index is 9.58. The zero-order valence-corrected chi connectivity index (χ0v) is 8.86. The molecule has 0 atom stereocenters. The van der Waals surface area contributed by atoms with Crippen LogP contribution >= 0.6 is 24.0 Å². The van der Waals surface area contributed by atoms with Crippen molar-refractivity contribution in [1.29, 1.82) is 0 Å². The van der Waals surface area contributed by atoms with Crippen LogP contribution < -0.4 is 0 Å². The van der Waals surface area contributed by atoms with Gasteiger partial charge in [0.2, 0.25) is 0 Å². The fourth-order valence-corrected chi connectivity index (χ4v) is 1.20. The van der Waals surface area contributed by atoms with Crippen molar-refractivity contribution in [3.8, 4) is 0 Å². The predicted molar refractivity (Wildman–Crippen MR) is 63.2 cm³/mol. The van der Waals surface area contributed by atoms with Gasteiger partial charge in [0, 0.05) is 11.6 Å². The van der Waals surface area contributed by atoms with E-state index in [1.165, 1.54) is 11.8 Å². The Labute approximate surface area is 87.5 Å². The third-order valence-corrected chi connectivity index (χ3v) is 2.66. The molecular weight excluding hydrogens is 200 g/mol. The van der Waals surface area contributed by atoms with E-state index in [-0.39, 0.29) is 5.76 Å². The van der Waals surface area contributed by atoms with Gasteiger partial charge >= 0.3 is 0 Å². The number of benzene rings is 1. The Kier molecular flexibility index (Phi) is 3.99. The molecular formula is C10H10OS2. The first-order valence-electron chi connectivity index (χ1n) is 3.78. The fraction of sp³-hybridized carbons (Fsp3) is 0.100. The lowest BCUT2D eigenvalue weighted by Crippen LogP contribution is -1.86. The molecule has 0 saturated heterocycles. The van der Waals surface area contributed by atoms with Crippen LogP contribution in [0.5, 0.6) is 0 Å². The molecule has 68 valence electrons. The quantitative estimate of drug-likeness (QED) is 0.459. The van der Waals surface area contributed by atoms with E-state index < -0.39 is 0 Å². The first-order valence-corrected chi connectivity index (χ1v) is 5.41. The predicted octanol–water partition coefficient (Wildman–Crippen LogP) is 3.28. The van der Waals surface area contributed by atoms with Crippen LogP contribution in [0.4, 0.5) is 0 Å². The molecule has 0 aromatic heterocycles. The Morgan fingerprint density at radius 1 is 1.38 bits per heavy atom.